The minimum atomic E-state index is -0.693. The van der Waals surface area contributed by atoms with Gasteiger partial charge in [-0.15, -0.1) is 0 Å². The Morgan fingerprint density at radius 2 is 2.25 bits per heavy atom. The number of carbonyl (C=O) groups excluding carboxylic acids is 2. The number of Topliss-reactive ketones (excluding diaryl/α,β-unsaturated/α-hetero) is 2. The van der Waals surface area contributed by atoms with Crippen LogP contribution < -0.4 is 0 Å². The third-order valence-corrected chi connectivity index (χ3v) is 2.99. The first kappa shape index (κ1) is 7.53. The van der Waals surface area contributed by atoms with Gasteiger partial charge in [-0.05, 0) is 19.4 Å². The lowest BCUT2D eigenvalue weighted by Gasteiger charge is -2.17. The highest BCUT2D eigenvalue weighted by Gasteiger charge is 2.53. The van der Waals surface area contributed by atoms with Crippen LogP contribution in [0.4, 0.5) is 0 Å². The summed E-state index contributed by atoms with van der Waals surface area (Å²) < 4.78 is 0. The molecule has 2 aliphatic rings. The Labute approximate surface area is 70.1 Å². The molecule has 0 unspecified atom stereocenters. The van der Waals surface area contributed by atoms with E-state index in [1.807, 2.05) is 0 Å². The van der Waals surface area contributed by atoms with Crippen molar-refractivity contribution in [3.05, 3.63) is 11.8 Å². The fraction of sp³-hybridized carbons (Fsp3) is 0.556. The summed E-state index contributed by atoms with van der Waals surface area (Å²) in [5.74, 6) is -0.700. The molecule has 12 heavy (non-hydrogen) atoms. The zero-order valence-electron chi connectivity index (χ0n) is 6.83. The SMILES string of the molecule is C[C@@]12C=C(O)C(=O)[C@@H]1CCC2=O. The zero-order valence-corrected chi connectivity index (χ0v) is 6.83. The molecule has 1 N–H and O–H groups in total. The van der Waals surface area contributed by atoms with Crippen molar-refractivity contribution in [3.8, 4) is 0 Å². The van der Waals surface area contributed by atoms with Crippen LogP contribution >= 0.6 is 0 Å². The Balaban J connectivity index is 2.49. The molecule has 0 radical (unpaired) electrons. The average molecular weight is 166 g/mol. The van der Waals surface area contributed by atoms with E-state index in [4.69, 9.17) is 5.11 Å². The minimum Gasteiger partial charge on any atom is -0.505 e. The highest BCUT2D eigenvalue weighted by Crippen LogP contribution is 2.47. The second-order valence-corrected chi connectivity index (χ2v) is 3.69. The molecule has 0 amide bonds. The molecule has 2 aliphatic carbocycles. The highest BCUT2D eigenvalue weighted by atomic mass is 16.3. The summed E-state index contributed by atoms with van der Waals surface area (Å²) in [5.41, 5.74) is -0.693. The quantitative estimate of drug-likeness (QED) is 0.584. The topological polar surface area (TPSA) is 54.4 Å². The predicted molar refractivity (Wildman–Crippen MR) is 41.6 cm³/mol. The van der Waals surface area contributed by atoms with Crippen LogP contribution in [0.2, 0.25) is 0 Å². The van der Waals surface area contributed by atoms with E-state index in [1.54, 1.807) is 6.92 Å². The second kappa shape index (κ2) is 1.97. The van der Waals surface area contributed by atoms with Gasteiger partial charge in [0, 0.05) is 12.3 Å². The minimum absolute atomic E-state index is 0.0740. The molecular formula is C9H10O3. The normalized spacial score (nSPS) is 40.1. The van der Waals surface area contributed by atoms with E-state index in [0.717, 1.165) is 0 Å². The van der Waals surface area contributed by atoms with Crippen LogP contribution in [-0.2, 0) is 9.59 Å². The van der Waals surface area contributed by atoms with Gasteiger partial charge < -0.3 is 5.11 Å². The maximum Gasteiger partial charge on any atom is 0.201 e. The molecule has 3 nitrogen and oxygen atoms in total. The van der Waals surface area contributed by atoms with E-state index in [-0.39, 0.29) is 23.2 Å². The third kappa shape index (κ3) is 0.661. The Morgan fingerprint density at radius 1 is 1.58 bits per heavy atom. The summed E-state index contributed by atoms with van der Waals surface area (Å²) in [4.78, 5) is 22.6. The molecular weight excluding hydrogens is 156 g/mol. The summed E-state index contributed by atoms with van der Waals surface area (Å²) in [7, 11) is 0. The number of carbonyl (C=O) groups is 2. The van der Waals surface area contributed by atoms with Gasteiger partial charge in [0.2, 0.25) is 5.78 Å². The maximum absolute atomic E-state index is 11.4. The molecule has 0 spiro atoms. The fourth-order valence-electron chi connectivity index (χ4n) is 2.16. The van der Waals surface area contributed by atoms with Crippen molar-refractivity contribution in [1.82, 2.24) is 0 Å². The summed E-state index contributed by atoms with van der Waals surface area (Å²) >= 11 is 0. The summed E-state index contributed by atoms with van der Waals surface area (Å²) in [6, 6.07) is 0. The van der Waals surface area contributed by atoms with Gasteiger partial charge in [0.1, 0.15) is 5.78 Å². The number of allylic oxidation sites excluding steroid dienone is 2. The molecule has 0 aliphatic heterocycles. The van der Waals surface area contributed by atoms with E-state index in [9.17, 15) is 9.59 Å². The Hall–Kier alpha value is -1.12. The Bertz CT molecular complexity index is 303. The van der Waals surface area contributed by atoms with Gasteiger partial charge in [0.25, 0.3) is 0 Å². The summed E-state index contributed by atoms with van der Waals surface area (Å²) in [6.07, 6.45) is 2.47. The van der Waals surface area contributed by atoms with Crippen molar-refractivity contribution in [2.45, 2.75) is 19.8 Å². The van der Waals surface area contributed by atoms with Crippen molar-refractivity contribution >= 4 is 11.6 Å². The molecule has 3 heteroatoms. The Kier molecular flexibility index (Phi) is 1.24. The van der Waals surface area contributed by atoms with Crippen LogP contribution in [0, 0.1) is 11.3 Å². The number of fused-ring (bicyclic) bond motifs is 1. The van der Waals surface area contributed by atoms with Crippen LogP contribution in [0.25, 0.3) is 0 Å². The van der Waals surface area contributed by atoms with Gasteiger partial charge in [-0.25, -0.2) is 0 Å². The lowest BCUT2D eigenvalue weighted by molar-refractivity contribution is -0.128. The molecule has 1 fully saturated rings. The maximum atomic E-state index is 11.4. The van der Waals surface area contributed by atoms with E-state index in [1.165, 1.54) is 6.08 Å². The van der Waals surface area contributed by atoms with Crippen molar-refractivity contribution in [2.24, 2.45) is 11.3 Å². The standard InChI is InChI=1S/C9H10O3/c1-9-4-6(10)8(12)5(9)2-3-7(9)11/h4-5,10H,2-3H2,1H3/t5-,9+/m0/s1. The van der Waals surface area contributed by atoms with Crippen molar-refractivity contribution < 1.29 is 14.7 Å². The third-order valence-electron chi connectivity index (χ3n) is 2.99. The zero-order chi connectivity index (χ0) is 8.93. The summed E-state index contributed by atoms with van der Waals surface area (Å²) in [6.45, 7) is 1.73. The van der Waals surface area contributed by atoms with Gasteiger partial charge in [-0.3, -0.25) is 9.59 Å². The molecule has 1 saturated carbocycles. The van der Waals surface area contributed by atoms with E-state index in [0.29, 0.717) is 12.8 Å². The van der Waals surface area contributed by atoms with Crippen molar-refractivity contribution in [2.75, 3.05) is 0 Å². The van der Waals surface area contributed by atoms with Crippen LogP contribution in [-0.4, -0.2) is 16.7 Å². The number of hydrogen-bond donors (Lipinski definition) is 1. The van der Waals surface area contributed by atoms with E-state index in [2.05, 4.69) is 0 Å². The number of hydrogen-bond acceptors (Lipinski definition) is 3. The first-order chi connectivity index (χ1) is 5.55. The predicted octanol–water partition coefficient (Wildman–Crippen LogP) is 0.996. The molecule has 64 valence electrons. The van der Waals surface area contributed by atoms with Crippen LogP contribution in [0.3, 0.4) is 0 Å². The molecule has 2 rings (SSSR count). The fourth-order valence-corrected chi connectivity index (χ4v) is 2.16. The van der Waals surface area contributed by atoms with Gasteiger partial charge in [-0.2, -0.15) is 0 Å². The molecule has 0 aromatic heterocycles. The van der Waals surface area contributed by atoms with Gasteiger partial charge in [0.05, 0.1) is 5.41 Å². The summed E-state index contributed by atoms with van der Waals surface area (Å²) in [5, 5.41) is 9.15. The number of aliphatic hydroxyl groups is 1. The molecule has 2 atom stereocenters. The van der Waals surface area contributed by atoms with Gasteiger partial charge >= 0.3 is 0 Å². The number of rotatable bonds is 0. The van der Waals surface area contributed by atoms with Crippen LogP contribution in [0.1, 0.15) is 19.8 Å². The number of aliphatic hydroxyl groups excluding tert-OH is 1. The first-order valence-corrected chi connectivity index (χ1v) is 4.05. The first-order valence-electron chi connectivity index (χ1n) is 4.05. The van der Waals surface area contributed by atoms with Gasteiger partial charge in [0.15, 0.2) is 5.76 Å². The van der Waals surface area contributed by atoms with Gasteiger partial charge in [-0.1, -0.05) is 0 Å². The smallest absolute Gasteiger partial charge is 0.201 e. The second-order valence-electron chi connectivity index (χ2n) is 3.69. The molecule has 0 aromatic carbocycles. The van der Waals surface area contributed by atoms with Crippen LogP contribution in [0.15, 0.2) is 11.8 Å². The molecule has 0 saturated heterocycles. The van der Waals surface area contributed by atoms with Crippen LogP contribution in [0.5, 0.6) is 0 Å². The van der Waals surface area contributed by atoms with E-state index >= 15 is 0 Å². The average Bonchev–Trinajstić information content (AvgIpc) is 2.38. The Morgan fingerprint density at radius 3 is 2.83 bits per heavy atom. The lowest BCUT2D eigenvalue weighted by atomic mass is 9.82. The van der Waals surface area contributed by atoms with Crippen molar-refractivity contribution in [1.29, 1.82) is 0 Å². The van der Waals surface area contributed by atoms with E-state index < -0.39 is 5.41 Å². The number of ketones is 2. The molecule has 0 heterocycles. The van der Waals surface area contributed by atoms with Crippen molar-refractivity contribution in [3.63, 3.8) is 0 Å². The monoisotopic (exact) mass is 166 g/mol. The lowest BCUT2D eigenvalue weighted by Crippen LogP contribution is -2.26. The largest absolute Gasteiger partial charge is 0.505 e. The molecule has 0 aromatic rings. The highest BCUT2D eigenvalue weighted by molar-refractivity contribution is 6.07. The molecule has 0 bridgehead atoms.